The summed E-state index contributed by atoms with van der Waals surface area (Å²) in [5.41, 5.74) is 6.39. The van der Waals surface area contributed by atoms with Gasteiger partial charge in [0, 0.05) is 18.2 Å². The lowest BCUT2D eigenvalue weighted by atomic mass is 10.0. The summed E-state index contributed by atoms with van der Waals surface area (Å²) in [4.78, 5) is 37.5. The van der Waals surface area contributed by atoms with Gasteiger partial charge >= 0.3 is 0 Å². The van der Waals surface area contributed by atoms with Crippen molar-refractivity contribution in [1.82, 2.24) is 10.6 Å². The molecule has 0 fully saturated rings. The molecule has 2 aromatic carbocycles. The van der Waals surface area contributed by atoms with Crippen LogP contribution in [0.3, 0.4) is 0 Å². The van der Waals surface area contributed by atoms with Crippen LogP contribution in [0.4, 0.5) is 5.69 Å². The molecule has 0 radical (unpaired) electrons. The molecule has 0 spiro atoms. The highest BCUT2D eigenvalue weighted by atomic mass is 16.5. The average molecular weight is 415 g/mol. The predicted octanol–water partition coefficient (Wildman–Crippen LogP) is 1.40. The van der Waals surface area contributed by atoms with Crippen LogP contribution in [0, 0.1) is 5.92 Å². The van der Waals surface area contributed by atoms with Crippen molar-refractivity contribution >= 4 is 34.2 Å². The molecule has 0 saturated heterocycles. The van der Waals surface area contributed by atoms with Crippen LogP contribution in [0.25, 0.3) is 10.8 Å². The van der Waals surface area contributed by atoms with Crippen LogP contribution in [0.5, 0.6) is 0 Å². The van der Waals surface area contributed by atoms with Gasteiger partial charge in [0.25, 0.3) is 0 Å². The summed E-state index contributed by atoms with van der Waals surface area (Å²) in [7, 11) is 1.44. The van der Waals surface area contributed by atoms with Crippen molar-refractivity contribution < 1.29 is 19.1 Å². The third kappa shape index (κ3) is 6.01. The lowest BCUT2D eigenvalue weighted by Gasteiger charge is -2.25. The number of nitrogens with two attached hydrogens (primary N) is 1. The summed E-state index contributed by atoms with van der Waals surface area (Å²) in [5.74, 6) is -1.50. The van der Waals surface area contributed by atoms with Gasteiger partial charge in [0.05, 0.1) is 6.61 Å². The zero-order valence-electron chi connectivity index (χ0n) is 17.8. The van der Waals surface area contributed by atoms with Gasteiger partial charge in [0.1, 0.15) is 18.1 Å². The Morgan fingerprint density at radius 2 is 1.60 bits per heavy atom. The molecule has 2 aromatic rings. The Bertz CT molecular complexity index is 894. The Hall–Kier alpha value is -2.97. The monoisotopic (exact) mass is 414 g/mol. The van der Waals surface area contributed by atoms with Crippen molar-refractivity contribution in [1.29, 1.82) is 0 Å². The first-order chi connectivity index (χ1) is 14.2. The molecule has 30 heavy (non-hydrogen) atoms. The summed E-state index contributed by atoms with van der Waals surface area (Å²) in [6.07, 6.45) is 0. The molecular formula is C22H30N4O4. The minimum atomic E-state index is -0.879. The van der Waals surface area contributed by atoms with Gasteiger partial charge in [-0.25, -0.2) is 0 Å². The molecule has 8 heteroatoms. The van der Waals surface area contributed by atoms with E-state index in [9.17, 15) is 14.4 Å². The third-order valence-electron chi connectivity index (χ3n) is 4.73. The Morgan fingerprint density at radius 3 is 2.27 bits per heavy atom. The van der Waals surface area contributed by atoms with Gasteiger partial charge in [-0.3, -0.25) is 14.4 Å². The summed E-state index contributed by atoms with van der Waals surface area (Å²) < 4.78 is 4.87. The highest BCUT2D eigenvalue weighted by Gasteiger charge is 2.28. The van der Waals surface area contributed by atoms with Crippen LogP contribution in [-0.4, -0.2) is 49.6 Å². The number of hydrogen-bond donors (Lipinski definition) is 4. The fourth-order valence-electron chi connectivity index (χ4n) is 2.99. The van der Waals surface area contributed by atoms with Gasteiger partial charge in [-0.1, -0.05) is 50.2 Å². The van der Waals surface area contributed by atoms with Crippen LogP contribution in [0.15, 0.2) is 42.5 Å². The van der Waals surface area contributed by atoms with Crippen LogP contribution < -0.4 is 21.7 Å². The number of anilines is 1. The van der Waals surface area contributed by atoms with E-state index >= 15 is 0 Å². The molecule has 5 N–H and O–H groups in total. The van der Waals surface area contributed by atoms with Gasteiger partial charge in [0.15, 0.2) is 0 Å². The molecular weight excluding hydrogens is 384 g/mol. The number of methoxy groups -OCH3 is 1. The molecule has 0 aliphatic carbocycles. The quantitative estimate of drug-likeness (QED) is 0.494. The maximum absolute atomic E-state index is 12.7. The van der Waals surface area contributed by atoms with Crippen molar-refractivity contribution in [2.24, 2.45) is 11.7 Å². The molecule has 0 saturated carbocycles. The van der Waals surface area contributed by atoms with E-state index in [1.54, 1.807) is 20.8 Å². The highest BCUT2D eigenvalue weighted by molar-refractivity contribution is 6.04. The summed E-state index contributed by atoms with van der Waals surface area (Å²) >= 11 is 0. The molecule has 2 rings (SSSR count). The van der Waals surface area contributed by atoms with E-state index in [1.807, 2.05) is 42.5 Å². The number of fused-ring (bicyclic) bond motifs is 1. The molecule has 0 aliphatic rings. The minimum absolute atomic E-state index is 0.0438. The second-order valence-corrected chi connectivity index (χ2v) is 7.54. The molecule has 162 valence electrons. The Kier molecular flexibility index (Phi) is 8.32. The second-order valence-electron chi connectivity index (χ2n) is 7.54. The Balaban J connectivity index is 2.03. The van der Waals surface area contributed by atoms with Crippen LogP contribution in [-0.2, 0) is 19.1 Å². The first kappa shape index (κ1) is 23.3. The van der Waals surface area contributed by atoms with Gasteiger partial charge in [0.2, 0.25) is 17.7 Å². The van der Waals surface area contributed by atoms with E-state index in [4.69, 9.17) is 10.5 Å². The number of nitrogens with one attached hydrogen (secondary N) is 3. The normalized spacial score (nSPS) is 14.1. The smallest absolute Gasteiger partial charge is 0.246 e. The predicted molar refractivity (Wildman–Crippen MR) is 117 cm³/mol. The van der Waals surface area contributed by atoms with Crippen LogP contribution in [0.2, 0.25) is 0 Å². The van der Waals surface area contributed by atoms with Crippen LogP contribution >= 0.6 is 0 Å². The summed E-state index contributed by atoms with van der Waals surface area (Å²) in [6, 6.07) is 10.8. The number of benzene rings is 2. The van der Waals surface area contributed by atoms with Crippen molar-refractivity contribution in [3.05, 3.63) is 42.5 Å². The van der Waals surface area contributed by atoms with E-state index in [-0.39, 0.29) is 18.4 Å². The Morgan fingerprint density at radius 1 is 0.933 bits per heavy atom. The largest absolute Gasteiger partial charge is 0.383 e. The number of hydrogen-bond acceptors (Lipinski definition) is 5. The lowest BCUT2D eigenvalue weighted by Crippen LogP contribution is -2.56. The maximum Gasteiger partial charge on any atom is 0.246 e. The number of carbonyl (C=O) groups excluding carboxylic acids is 3. The van der Waals surface area contributed by atoms with Crippen molar-refractivity contribution in [2.75, 3.05) is 19.0 Å². The van der Waals surface area contributed by atoms with Gasteiger partial charge < -0.3 is 26.4 Å². The first-order valence-corrected chi connectivity index (χ1v) is 9.88. The SMILES string of the molecule is COC[C@H](N)C(=O)N[C@H](C(=O)N[C@@H](C)C(=O)Nc1cccc2ccccc12)C(C)C. The zero-order valence-corrected chi connectivity index (χ0v) is 17.8. The lowest BCUT2D eigenvalue weighted by molar-refractivity contribution is -0.132. The van der Waals surface area contributed by atoms with E-state index in [0.717, 1.165) is 10.8 Å². The minimum Gasteiger partial charge on any atom is -0.383 e. The fraction of sp³-hybridized carbons (Fsp3) is 0.409. The molecule has 0 aromatic heterocycles. The first-order valence-electron chi connectivity index (χ1n) is 9.88. The van der Waals surface area contributed by atoms with Crippen molar-refractivity contribution in [3.8, 4) is 0 Å². The number of carbonyl (C=O) groups is 3. The second kappa shape index (κ2) is 10.7. The molecule has 0 bridgehead atoms. The summed E-state index contributed by atoms with van der Waals surface area (Å²) in [6.45, 7) is 5.23. The number of rotatable bonds is 9. The van der Waals surface area contributed by atoms with Crippen molar-refractivity contribution in [2.45, 2.75) is 38.9 Å². The molecule has 3 amide bonds. The van der Waals surface area contributed by atoms with Crippen molar-refractivity contribution in [3.63, 3.8) is 0 Å². The molecule has 3 atom stereocenters. The van der Waals surface area contributed by atoms with Gasteiger partial charge in [-0.05, 0) is 24.3 Å². The fourth-order valence-corrected chi connectivity index (χ4v) is 2.99. The average Bonchev–Trinajstić information content (AvgIpc) is 2.71. The Labute approximate surface area is 176 Å². The van der Waals surface area contributed by atoms with Crippen LogP contribution in [0.1, 0.15) is 20.8 Å². The molecule has 0 aliphatic heterocycles. The molecule has 0 unspecified atom stereocenters. The standard InChI is InChI=1S/C22H30N4O4/c1-13(2)19(26-21(28)17(23)12-30-4)22(29)24-14(3)20(27)25-18-11-7-9-15-8-5-6-10-16(15)18/h5-11,13-14,17,19H,12,23H2,1-4H3,(H,24,29)(H,25,27)(H,26,28)/t14-,17-,19-/m0/s1. The third-order valence-corrected chi connectivity index (χ3v) is 4.73. The summed E-state index contributed by atoms with van der Waals surface area (Å²) in [5, 5.41) is 10.1. The number of amides is 3. The molecule has 8 nitrogen and oxygen atoms in total. The molecule has 0 heterocycles. The van der Waals surface area contributed by atoms with E-state index < -0.39 is 29.9 Å². The highest BCUT2D eigenvalue weighted by Crippen LogP contribution is 2.23. The van der Waals surface area contributed by atoms with Gasteiger partial charge in [-0.15, -0.1) is 0 Å². The number of ether oxygens (including phenoxy) is 1. The van der Waals surface area contributed by atoms with E-state index in [1.165, 1.54) is 7.11 Å². The van der Waals surface area contributed by atoms with Gasteiger partial charge in [-0.2, -0.15) is 0 Å². The topological polar surface area (TPSA) is 123 Å². The zero-order chi connectivity index (χ0) is 22.3. The maximum atomic E-state index is 12.7. The van der Waals surface area contributed by atoms with E-state index in [2.05, 4.69) is 16.0 Å². The van der Waals surface area contributed by atoms with E-state index in [0.29, 0.717) is 5.69 Å².